The SMILES string of the molecule is CC[C@]1(Cc2ccccc2)[C@@H]2CC[C@@H](C2)[C@@H]1N. The van der Waals surface area contributed by atoms with Crippen molar-refractivity contribution in [3.8, 4) is 0 Å². The Bertz CT molecular complexity index is 382. The monoisotopic (exact) mass is 229 g/mol. The largest absolute Gasteiger partial charge is 0.327 e. The molecule has 0 unspecified atom stereocenters. The summed E-state index contributed by atoms with van der Waals surface area (Å²) < 4.78 is 0. The van der Waals surface area contributed by atoms with E-state index < -0.39 is 0 Å². The Kier molecular flexibility index (Phi) is 2.74. The molecule has 92 valence electrons. The van der Waals surface area contributed by atoms with Gasteiger partial charge in [-0.2, -0.15) is 0 Å². The minimum Gasteiger partial charge on any atom is -0.327 e. The van der Waals surface area contributed by atoms with E-state index in [0.717, 1.165) is 11.8 Å². The quantitative estimate of drug-likeness (QED) is 0.845. The zero-order valence-corrected chi connectivity index (χ0v) is 10.7. The molecule has 1 heteroatoms. The van der Waals surface area contributed by atoms with Crippen molar-refractivity contribution in [2.75, 3.05) is 0 Å². The van der Waals surface area contributed by atoms with E-state index in [2.05, 4.69) is 37.3 Å². The number of rotatable bonds is 3. The van der Waals surface area contributed by atoms with E-state index in [0.29, 0.717) is 11.5 Å². The molecule has 0 radical (unpaired) electrons. The van der Waals surface area contributed by atoms with Crippen LogP contribution in [-0.4, -0.2) is 6.04 Å². The first kappa shape index (κ1) is 11.3. The van der Waals surface area contributed by atoms with Crippen LogP contribution in [0.2, 0.25) is 0 Å². The van der Waals surface area contributed by atoms with Crippen LogP contribution in [0.5, 0.6) is 0 Å². The molecule has 2 saturated carbocycles. The fraction of sp³-hybridized carbons (Fsp3) is 0.625. The Morgan fingerprint density at radius 3 is 2.59 bits per heavy atom. The van der Waals surface area contributed by atoms with E-state index in [1.807, 2.05) is 0 Å². The van der Waals surface area contributed by atoms with E-state index in [4.69, 9.17) is 5.73 Å². The average molecular weight is 229 g/mol. The van der Waals surface area contributed by atoms with E-state index in [9.17, 15) is 0 Å². The normalized spacial score (nSPS) is 39.8. The third-order valence-electron chi connectivity index (χ3n) is 5.49. The smallest absolute Gasteiger partial charge is 0.0130 e. The van der Waals surface area contributed by atoms with Crippen LogP contribution >= 0.6 is 0 Å². The molecule has 2 aliphatic rings. The van der Waals surface area contributed by atoms with Gasteiger partial charge >= 0.3 is 0 Å². The summed E-state index contributed by atoms with van der Waals surface area (Å²) in [7, 11) is 0. The van der Waals surface area contributed by atoms with Gasteiger partial charge in [0.05, 0.1) is 0 Å². The Morgan fingerprint density at radius 1 is 1.24 bits per heavy atom. The predicted molar refractivity (Wildman–Crippen MR) is 71.7 cm³/mol. The van der Waals surface area contributed by atoms with E-state index >= 15 is 0 Å². The van der Waals surface area contributed by atoms with E-state index in [1.165, 1.54) is 37.7 Å². The van der Waals surface area contributed by atoms with Gasteiger partial charge in [0.2, 0.25) is 0 Å². The van der Waals surface area contributed by atoms with Gasteiger partial charge in [-0.05, 0) is 54.9 Å². The van der Waals surface area contributed by atoms with Crippen LogP contribution in [0.1, 0.15) is 38.2 Å². The molecule has 1 aromatic rings. The molecule has 1 nitrogen and oxygen atoms in total. The summed E-state index contributed by atoms with van der Waals surface area (Å²) in [5.74, 6) is 1.69. The average Bonchev–Trinajstić information content (AvgIpc) is 2.94. The maximum absolute atomic E-state index is 6.56. The van der Waals surface area contributed by atoms with Crippen molar-refractivity contribution in [2.24, 2.45) is 23.0 Å². The van der Waals surface area contributed by atoms with E-state index in [1.54, 1.807) is 0 Å². The lowest BCUT2D eigenvalue weighted by molar-refractivity contribution is 0.124. The van der Waals surface area contributed by atoms with Crippen LogP contribution in [-0.2, 0) is 6.42 Å². The Labute approximate surface area is 104 Å². The Hall–Kier alpha value is -0.820. The van der Waals surface area contributed by atoms with Crippen LogP contribution in [0.25, 0.3) is 0 Å². The lowest BCUT2D eigenvalue weighted by Gasteiger charge is -2.42. The van der Waals surface area contributed by atoms with Crippen LogP contribution in [0.4, 0.5) is 0 Å². The summed E-state index contributed by atoms with van der Waals surface area (Å²) in [5, 5.41) is 0. The predicted octanol–water partition coefficient (Wildman–Crippen LogP) is 3.38. The fourth-order valence-corrected chi connectivity index (χ4v) is 4.49. The van der Waals surface area contributed by atoms with Crippen LogP contribution < -0.4 is 5.73 Å². The maximum atomic E-state index is 6.56. The number of fused-ring (bicyclic) bond motifs is 2. The first-order valence-electron chi connectivity index (χ1n) is 7.06. The molecule has 2 N–H and O–H groups in total. The van der Waals surface area contributed by atoms with Crippen molar-refractivity contribution in [1.29, 1.82) is 0 Å². The van der Waals surface area contributed by atoms with Gasteiger partial charge in [0.25, 0.3) is 0 Å². The van der Waals surface area contributed by atoms with Crippen molar-refractivity contribution in [1.82, 2.24) is 0 Å². The minimum atomic E-state index is 0.393. The summed E-state index contributed by atoms with van der Waals surface area (Å²) >= 11 is 0. The summed E-state index contributed by atoms with van der Waals surface area (Å²) in [5.41, 5.74) is 8.42. The van der Waals surface area contributed by atoms with Crippen LogP contribution in [0.3, 0.4) is 0 Å². The highest BCUT2D eigenvalue weighted by Gasteiger charge is 2.55. The molecule has 0 amide bonds. The standard InChI is InChI=1S/C16H23N/c1-2-16(11-12-6-4-3-5-7-12)14-9-8-13(10-14)15(16)17/h3-7,13-15H,2,8-11,17H2,1H3/t13-,14+,15-,16-/m0/s1. The van der Waals surface area contributed by atoms with Gasteiger partial charge in [-0.3, -0.25) is 0 Å². The number of benzene rings is 1. The highest BCUT2D eigenvalue weighted by molar-refractivity contribution is 5.20. The highest BCUT2D eigenvalue weighted by atomic mass is 14.8. The van der Waals surface area contributed by atoms with Crippen LogP contribution in [0, 0.1) is 17.3 Å². The van der Waals surface area contributed by atoms with Gasteiger partial charge in [0.15, 0.2) is 0 Å². The van der Waals surface area contributed by atoms with Gasteiger partial charge in [0.1, 0.15) is 0 Å². The Morgan fingerprint density at radius 2 is 2.00 bits per heavy atom. The molecule has 0 spiro atoms. The van der Waals surface area contributed by atoms with Crippen molar-refractivity contribution < 1.29 is 0 Å². The second-order valence-electron chi connectivity index (χ2n) is 6.04. The second kappa shape index (κ2) is 4.13. The topological polar surface area (TPSA) is 26.0 Å². The molecule has 4 atom stereocenters. The molecule has 17 heavy (non-hydrogen) atoms. The molecule has 0 saturated heterocycles. The van der Waals surface area contributed by atoms with Crippen LogP contribution in [0.15, 0.2) is 30.3 Å². The first-order valence-corrected chi connectivity index (χ1v) is 7.06. The molecule has 2 aliphatic carbocycles. The zero-order valence-electron chi connectivity index (χ0n) is 10.7. The Balaban J connectivity index is 1.88. The minimum absolute atomic E-state index is 0.393. The summed E-state index contributed by atoms with van der Waals surface area (Å²) in [4.78, 5) is 0. The third kappa shape index (κ3) is 1.63. The summed E-state index contributed by atoms with van der Waals surface area (Å²) in [6.45, 7) is 2.34. The van der Waals surface area contributed by atoms with Crippen molar-refractivity contribution >= 4 is 0 Å². The molecule has 0 aromatic heterocycles. The molecule has 0 aliphatic heterocycles. The second-order valence-corrected chi connectivity index (χ2v) is 6.04. The lowest BCUT2D eigenvalue weighted by Crippen LogP contribution is -2.47. The molecular weight excluding hydrogens is 206 g/mol. The summed E-state index contributed by atoms with van der Waals surface area (Å²) in [6, 6.07) is 11.4. The highest BCUT2D eigenvalue weighted by Crippen LogP contribution is 2.58. The van der Waals surface area contributed by atoms with Crippen molar-refractivity contribution in [3.63, 3.8) is 0 Å². The molecular formula is C16H23N. The van der Waals surface area contributed by atoms with E-state index in [-0.39, 0.29) is 0 Å². The summed E-state index contributed by atoms with van der Waals surface area (Å²) in [6.07, 6.45) is 6.61. The van der Waals surface area contributed by atoms with Crippen molar-refractivity contribution in [2.45, 2.75) is 45.1 Å². The van der Waals surface area contributed by atoms with Gasteiger partial charge in [-0.1, -0.05) is 37.3 Å². The zero-order chi connectivity index (χ0) is 11.9. The molecule has 2 bridgehead atoms. The molecule has 0 heterocycles. The number of nitrogens with two attached hydrogens (primary N) is 1. The third-order valence-corrected chi connectivity index (χ3v) is 5.49. The van der Waals surface area contributed by atoms with Gasteiger partial charge in [-0.25, -0.2) is 0 Å². The molecule has 2 fully saturated rings. The van der Waals surface area contributed by atoms with Gasteiger partial charge < -0.3 is 5.73 Å². The van der Waals surface area contributed by atoms with Crippen molar-refractivity contribution in [3.05, 3.63) is 35.9 Å². The van der Waals surface area contributed by atoms with Gasteiger partial charge in [-0.15, -0.1) is 0 Å². The first-order chi connectivity index (χ1) is 8.26. The lowest BCUT2D eigenvalue weighted by atomic mass is 9.65. The number of hydrogen-bond acceptors (Lipinski definition) is 1. The molecule has 3 rings (SSSR count). The molecule has 1 aromatic carbocycles. The maximum Gasteiger partial charge on any atom is 0.0130 e. The van der Waals surface area contributed by atoms with Gasteiger partial charge in [0, 0.05) is 6.04 Å². The fourth-order valence-electron chi connectivity index (χ4n) is 4.49. The number of hydrogen-bond donors (Lipinski definition) is 1.